The number of rotatable bonds is 4. The number of carbonyl (C=O) groups excluding carboxylic acids is 2. The number of hydrogen-bond acceptors (Lipinski definition) is 5. The van der Waals surface area contributed by atoms with Crippen LogP contribution in [0.5, 0.6) is 0 Å². The predicted molar refractivity (Wildman–Crippen MR) is 84.1 cm³/mol. The van der Waals surface area contributed by atoms with Crippen LogP contribution in [-0.4, -0.2) is 71.6 Å². The van der Waals surface area contributed by atoms with Crippen molar-refractivity contribution >= 4 is 12.2 Å². The van der Waals surface area contributed by atoms with Crippen molar-refractivity contribution in [1.29, 1.82) is 0 Å². The van der Waals surface area contributed by atoms with Gasteiger partial charge in [0.1, 0.15) is 12.2 Å². The van der Waals surface area contributed by atoms with Crippen LogP contribution in [-0.2, 0) is 9.47 Å². The Hall–Kier alpha value is -1.50. The molecule has 2 fully saturated rings. The van der Waals surface area contributed by atoms with Crippen LogP contribution in [0.25, 0.3) is 0 Å². The van der Waals surface area contributed by atoms with Gasteiger partial charge in [-0.15, -0.1) is 0 Å². The number of aliphatic hydroxyl groups excluding tert-OH is 1. The van der Waals surface area contributed by atoms with E-state index >= 15 is 0 Å². The monoisotopic (exact) mass is 328 g/mol. The molecule has 2 amide bonds. The summed E-state index contributed by atoms with van der Waals surface area (Å²) < 4.78 is 10.3. The van der Waals surface area contributed by atoms with E-state index in [0.717, 1.165) is 19.3 Å². The Morgan fingerprint density at radius 3 is 2.57 bits per heavy atom. The van der Waals surface area contributed by atoms with Gasteiger partial charge in [-0.2, -0.15) is 0 Å². The first-order chi connectivity index (χ1) is 10.8. The number of amides is 2. The van der Waals surface area contributed by atoms with Crippen LogP contribution in [0.1, 0.15) is 40.0 Å². The van der Waals surface area contributed by atoms with Gasteiger partial charge in [-0.1, -0.05) is 0 Å². The molecule has 0 saturated carbocycles. The number of cyclic esters (lactones) is 1. The number of nitrogens with zero attached hydrogens (tertiary/aromatic N) is 2. The summed E-state index contributed by atoms with van der Waals surface area (Å²) in [5.41, 5.74) is -0.469. The number of aliphatic hydroxyl groups is 1. The molecule has 23 heavy (non-hydrogen) atoms. The molecular weight excluding hydrogens is 300 g/mol. The van der Waals surface area contributed by atoms with E-state index in [4.69, 9.17) is 9.47 Å². The molecule has 2 heterocycles. The third kappa shape index (κ3) is 4.99. The van der Waals surface area contributed by atoms with Gasteiger partial charge in [0.05, 0.1) is 12.6 Å². The third-order valence-corrected chi connectivity index (χ3v) is 4.33. The quantitative estimate of drug-likeness (QED) is 0.852. The van der Waals surface area contributed by atoms with Crippen molar-refractivity contribution in [3.05, 3.63) is 0 Å². The van der Waals surface area contributed by atoms with Crippen LogP contribution in [0.4, 0.5) is 9.59 Å². The summed E-state index contributed by atoms with van der Waals surface area (Å²) in [7, 11) is 0. The van der Waals surface area contributed by atoms with Crippen LogP contribution in [0.15, 0.2) is 0 Å². The number of likely N-dealkylation sites (tertiary alicyclic amines) is 1. The lowest BCUT2D eigenvalue weighted by atomic mass is 9.93. The lowest BCUT2D eigenvalue weighted by Gasteiger charge is -2.34. The molecule has 0 aliphatic carbocycles. The molecule has 2 aliphatic rings. The fraction of sp³-hybridized carbons (Fsp3) is 0.875. The maximum absolute atomic E-state index is 12.0. The Morgan fingerprint density at radius 2 is 2.00 bits per heavy atom. The Labute approximate surface area is 137 Å². The maximum atomic E-state index is 12.0. The second-order valence-corrected chi connectivity index (χ2v) is 7.31. The number of hydrogen-bond donors (Lipinski definition) is 1. The zero-order valence-corrected chi connectivity index (χ0v) is 14.3. The molecule has 2 saturated heterocycles. The standard InChI is InChI=1S/C16H28N2O5/c1-16(2,3)23-14(20)17-7-4-12(5-8-17)6-9-18-13(10-19)11-22-15(18)21/h12-13,19H,4-11H2,1-3H3/t13-/m1/s1. The van der Waals surface area contributed by atoms with Crippen molar-refractivity contribution in [2.24, 2.45) is 5.92 Å². The van der Waals surface area contributed by atoms with Crippen LogP contribution in [0, 0.1) is 5.92 Å². The van der Waals surface area contributed by atoms with E-state index in [1.807, 2.05) is 20.8 Å². The molecule has 0 unspecified atom stereocenters. The van der Waals surface area contributed by atoms with Gasteiger partial charge in [-0.05, 0) is 46.0 Å². The zero-order chi connectivity index (χ0) is 17.0. The normalized spacial score (nSPS) is 23.1. The average molecular weight is 328 g/mol. The highest BCUT2D eigenvalue weighted by Gasteiger charge is 2.33. The van der Waals surface area contributed by atoms with E-state index in [-0.39, 0.29) is 31.4 Å². The Morgan fingerprint density at radius 1 is 1.35 bits per heavy atom. The van der Waals surface area contributed by atoms with Crippen molar-refractivity contribution in [3.8, 4) is 0 Å². The Balaban J connectivity index is 1.72. The highest BCUT2D eigenvalue weighted by Crippen LogP contribution is 2.24. The molecule has 0 aromatic carbocycles. The SMILES string of the molecule is CC(C)(C)OC(=O)N1CCC(CCN2C(=O)OC[C@H]2CO)CC1. The molecule has 7 heteroatoms. The summed E-state index contributed by atoms with van der Waals surface area (Å²) in [6.45, 7) is 7.77. The van der Waals surface area contributed by atoms with Gasteiger partial charge in [-0.25, -0.2) is 9.59 Å². The highest BCUT2D eigenvalue weighted by atomic mass is 16.6. The molecule has 1 atom stereocenters. The van der Waals surface area contributed by atoms with Gasteiger partial charge < -0.3 is 19.5 Å². The van der Waals surface area contributed by atoms with Gasteiger partial charge in [0, 0.05) is 19.6 Å². The molecule has 0 radical (unpaired) electrons. The molecule has 7 nitrogen and oxygen atoms in total. The number of carbonyl (C=O) groups is 2. The van der Waals surface area contributed by atoms with E-state index in [2.05, 4.69) is 0 Å². The van der Waals surface area contributed by atoms with Crippen LogP contribution in [0.2, 0.25) is 0 Å². The predicted octanol–water partition coefficient (Wildman–Crippen LogP) is 1.84. The van der Waals surface area contributed by atoms with Crippen LogP contribution < -0.4 is 0 Å². The molecule has 132 valence electrons. The minimum Gasteiger partial charge on any atom is -0.447 e. The summed E-state index contributed by atoms with van der Waals surface area (Å²) in [5.74, 6) is 0.474. The first kappa shape index (κ1) is 17.8. The minimum atomic E-state index is -0.469. The summed E-state index contributed by atoms with van der Waals surface area (Å²) in [5, 5.41) is 9.25. The van der Waals surface area contributed by atoms with Crippen molar-refractivity contribution in [2.75, 3.05) is 32.8 Å². The van der Waals surface area contributed by atoms with Crippen molar-refractivity contribution in [2.45, 2.75) is 51.7 Å². The second-order valence-electron chi connectivity index (χ2n) is 7.31. The minimum absolute atomic E-state index is 0.0666. The number of ether oxygens (including phenoxy) is 2. The smallest absolute Gasteiger partial charge is 0.410 e. The molecule has 2 rings (SSSR count). The molecule has 2 aliphatic heterocycles. The average Bonchev–Trinajstić information content (AvgIpc) is 2.84. The largest absolute Gasteiger partial charge is 0.447 e. The van der Waals surface area contributed by atoms with E-state index in [0.29, 0.717) is 25.6 Å². The van der Waals surface area contributed by atoms with E-state index in [9.17, 15) is 14.7 Å². The van der Waals surface area contributed by atoms with Crippen LogP contribution in [0.3, 0.4) is 0 Å². The van der Waals surface area contributed by atoms with Crippen LogP contribution >= 0.6 is 0 Å². The molecule has 0 spiro atoms. The van der Waals surface area contributed by atoms with Gasteiger partial charge in [0.2, 0.25) is 0 Å². The topological polar surface area (TPSA) is 79.3 Å². The molecule has 0 aromatic rings. The Kier molecular flexibility index (Phi) is 5.73. The van der Waals surface area contributed by atoms with Crippen molar-refractivity contribution in [1.82, 2.24) is 9.80 Å². The van der Waals surface area contributed by atoms with Crippen molar-refractivity contribution < 1.29 is 24.2 Å². The number of piperidine rings is 1. The summed E-state index contributed by atoms with van der Waals surface area (Å²) in [6, 6.07) is -0.218. The maximum Gasteiger partial charge on any atom is 0.410 e. The fourth-order valence-corrected chi connectivity index (χ4v) is 2.97. The van der Waals surface area contributed by atoms with Crippen molar-refractivity contribution in [3.63, 3.8) is 0 Å². The molecular formula is C16H28N2O5. The molecule has 0 aromatic heterocycles. The Bertz CT molecular complexity index is 427. The van der Waals surface area contributed by atoms with Gasteiger partial charge in [0.25, 0.3) is 0 Å². The van der Waals surface area contributed by atoms with Gasteiger partial charge in [-0.3, -0.25) is 4.90 Å². The summed E-state index contributed by atoms with van der Waals surface area (Å²) in [6.07, 6.45) is 2.10. The van der Waals surface area contributed by atoms with E-state index in [1.165, 1.54) is 0 Å². The van der Waals surface area contributed by atoms with E-state index in [1.54, 1.807) is 9.80 Å². The molecule has 0 bridgehead atoms. The molecule has 1 N–H and O–H groups in total. The third-order valence-electron chi connectivity index (χ3n) is 4.33. The fourth-order valence-electron chi connectivity index (χ4n) is 2.97. The first-order valence-corrected chi connectivity index (χ1v) is 8.32. The van der Waals surface area contributed by atoms with Gasteiger partial charge >= 0.3 is 12.2 Å². The highest BCUT2D eigenvalue weighted by molar-refractivity contribution is 5.70. The lowest BCUT2D eigenvalue weighted by Crippen LogP contribution is -2.42. The zero-order valence-electron chi connectivity index (χ0n) is 14.3. The lowest BCUT2D eigenvalue weighted by molar-refractivity contribution is 0.0178. The second kappa shape index (κ2) is 7.38. The van der Waals surface area contributed by atoms with Gasteiger partial charge in [0.15, 0.2) is 0 Å². The summed E-state index contributed by atoms with van der Waals surface area (Å²) >= 11 is 0. The first-order valence-electron chi connectivity index (χ1n) is 8.32. The van der Waals surface area contributed by atoms with E-state index < -0.39 is 5.60 Å². The summed E-state index contributed by atoms with van der Waals surface area (Å²) in [4.78, 5) is 27.0.